The maximum Gasteiger partial charge on any atom is 0.259 e. The van der Waals surface area contributed by atoms with E-state index in [0.717, 1.165) is 5.69 Å². The second-order valence-electron chi connectivity index (χ2n) is 4.32. The summed E-state index contributed by atoms with van der Waals surface area (Å²) in [4.78, 5) is 11.7. The van der Waals surface area contributed by atoms with E-state index in [1.807, 2.05) is 6.07 Å². The number of amides is 1. The Morgan fingerprint density at radius 2 is 1.86 bits per heavy atom. The molecule has 0 saturated carbocycles. The number of nitrogens with zero attached hydrogens (tertiary/aromatic N) is 1. The average molecular weight is 357 g/mol. The lowest BCUT2D eigenvalue weighted by Gasteiger charge is -2.05. The predicted molar refractivity (Wildman–Crippen MR) is 92.1 cm³/mol. The molecule has 0 aliphatic rings. The fourth-order valence-corrected chi connectivity index (χ4v) is 2.25. The molecule has 0 heterocycles. The maximum absolute atomic E-state index is 11.7. The van der Waals surface area contributed by atoms with Crippen LogP contribution in [0, 0.1) is 0 Å². The summed E-state index contributed by atoms with van der Waals surface area (Å²) in [5.41, 5.74) is 3.82. The molecule has 0 saturated heterocycles. The third-order valence-corrected chi connectivity index (χ3v) is 3.43. The van der Waals surface area contributed by atoms with Gasteiger partial charge < -0.3 is 5.32 Å². The first-order valence-corrected chi connectivity index (χ1v) is 7.44. The molecule has 0 fully saturated rings. The van der Waals surface area contributed by atoms with E-state index in [4.69, 9.17) is 34.8 Å². The first-order valence-electron chi connectivity index (χ1n) is 6.31. The molecular weight excluding hydrogens is 345 g/mol. The van der Waals surface area contributed by atoms with Crippen LogP contribution in [-0.2, 0) is 4.79 Å². The van der Waals surface area contributed by atoms with Crippen molar-refractivity contribution in [2.75, 3.05) is 11.9 Å². The normalized spacial score (nSPS) is 10.7. The Morgan fingerprint density at radius 3 is 2.59 bits per heavy atom. The molecule has 2 aromatic rings. The van der Waals surface area contributed by atoms with Crippen molar-refractivity contribution >= 4 is 52.6 Å². The van der Waals surface area contributed by atoms with Crippen LogP contribution in [0.5, 0.6) is 0 Å². The van der Waals surface area contributed by atoms with Gasteiger partial charge in [0.15, 0.2) is 0 Å². The molecule has 7 heteroatoms. The summed E-state index contributed by atoms with van der Waals surface area (Å²) in [6, 6.07) is 12.1. The molecule has 0 aliphatic heterocycles. The Balaban J connectivity index is 1.83. The third-order valence-electron chi connectivity index (χ3n) is 2.63. The van der Waals surface area contributed by atoms with Crippen molar-refractivity contribution in [3.8, 4) is 0 Å². The van der Waals surface area contributed by atoms with E-state index < -0.39 is 0 Å². The molecule has 114 valence electrons. The summed E-state index contributed by atoms with van der Waals surface area (Å²) < 4.78 is 0. The van der Waals surface area contributed by atoms with Crippen molar-refractivity contribution < 1.29 is 4.79 Å². The summed E-state index contributed by atoms with van der Waals surface area (Å²) in [5, 5.41) is 8.38. The van der Waals surface area contributed by atoms with E-state index in [9.17, 15) is 4.79 Å². The van der Waals surface area contributed by atoms with Gasteiger partial charge in [-0.3, -0.25) is 4.79 Å². The number of carbonyl (C=O) groups is 1. The van der Waals surface area contributed by atoms with Crippen molar-refractivity contribution in [2.45, 2.75) is 0 Å². The van der Waals surface area contributed by atoms with Gasteiger partial charge in [-0.1, -0.05) is 46.9 Å². The Bertz CT molecular complexity index is 704. The predicted octanol–water partition coefficient (Wildman–Crippen LogP) is 4.21. The summed E-state index contributed by atoms with van der Waals surface area (Å²) in [5.74, 6) is -0.290. The van der Waals surface area contributed by atoms with Crippen molar-refractivity contribution in [1.29, 1.82) is 0 Å². The molecule has 22 heavy (non-hydrogen) atoms. The van der Waals surface area contributed by atoms with E-state index in [0.29, 0.717) is 20.6 Å². The summed E-state index contributed by atoms with van der Waals surface area (Å²) in [6.07, 6.45) is 1.45. The molecule has 0 spiro atoms. The first-order chi connectivity index (χ1) is 10.5. The highest BCUT2D eigenvalue weighted by atomic mass is 35.5. The van der Waals surface area contributed by atoms with E-state index >= 15 is 0 Å². The van der Waals surface area contributed by atoms with Gasteiger partial charge in [0.1, 0.15) is 0 Å². The van der Waals surface area contributed by atoms with Crippen molar-refractivity contribution in [1.82, 2.24) is 5.43 Å². The van der Waals surface area contributed by atoms with Gasteiger partial charge >= 0.3 is 0 Å². The van der Waals surface area contributed by atoms with Crippen LogP contribution in [0.3, 0.4) is 0 Å². The fraction of sp³-hybridized carbons (Fsp3) is 0.0667. The molecule has 0 aliphatic carbocycles. The van der Waals surface area contributed by atoms with E-state index in [-0.39, 0.29) is 12.5 Å². The standard InChI is InChI=1S/C15H12Cl3N3O/c16-11-2-1-3-13(6-11)19-9-15(22)21-20-8-10-4-5-12(17)7-14(10)18/h1-8,19H,9H2,(H,21,22). The number of benzene rings is 2. The molecule has 2 N–H and O–H groups in total. The van der Waals surface area contributed by atoms with Crippen LogP contribution in [-0.4, -0.2) is 18.7 Å². The second-order valence-corrected chi connectivity index (χ2v) is 5.60. The highest BCUT2D eigenvalue weighted by Crippen LogP contribution is 2.19. The molecular formula is C15H12Cl3N3O. The summed E-state index contributed by atoms with van der Waals surface area (Å²) >= 11 is 17.6. The zero-order valence-electron chi connectivity index (χ0n) is 11.3. The Morgan fingerprint density at radius 1 is 1.09 bits per heavy atom. The molecule has 2 aromatic carbocycles. The summed E-state index contributed by atoms with van der Waals surface area (Å²) in [7, 11) is 0. The number of hydrazone groups is 1. The smallest absolute Gasteiger partial charge is 0.259 e. The fourth-order valence-electron chi connectivity index (χ4n) is 1.60. The number of rotatable bonds is 5. The monoisotopic (exact) mass is 355 g/mol. The highest BCUT2D eigenvalue weighted by molar-refractivity contribution is 6.36. The van der Waals surface area contributed by atoms with Crippen LogP contribution in [0.4, 0.5) is 5.69 Å². The van der Waals surface area contributed by atoms with E-state index in [2.05, 4.69) is 15.8 Å². The lowest BCUT2D eigenvalue weighted by Crippen LogP contribution is -2.25. The van der Waals surface area contributed by atoms with E-state index in [1.54, 1.807) is 36.4 Å². The maximum atomic E-state index is 11.7. The summed E-state index contributed by atoms with van der Waals surface area (Å²) in [6.45, 7) is 0.0754. The molecule has 1 amide bonds. The van der Waals surface area contributed by atoms with Gasteiger partial charge in [-0.25, -0.2) is 5.43 Å². The van der Waals surface area contributed by atoms with Crippen LogP contribution < -0.4 is 10.7 Å². The lowest BCUT2D eigenvalue weighted by molar-refractivity contribution is -0.119. The van der Waals surface area contributed by atoms with Gasteiger partial charge in [-0.2, -0.15) is 5.10 Å². The minimum atomic E-state index is -0.290. The van der Waals surface area contributed by atoms with Gasteiger partial charge in [0.25, 0.3) is 5.91 Å². The van der Waals surface area contributed by atoms with Gasteiger partial charge in [0.2, 0.25) is 0 Å². The zero-order valence-corrected chi connectivity index (χ0v) is 13.6. The highest BCUT2D eigenvalue weighted by Gasteiger charge is 2.01. The zero-order chi connectivity index (χ0) is 15.9. The van der Waals surface area contributed by atoms with Gasteiger partial charge in [0.05, 0.1) is 17.8 Å². The number of halogens is 3. The SMILES string of the molecule is O=C(CNc1cccc(Cl)c1)NN=Cc1ccc(Cl)cc1Cl. The number of anilines is 1. The molecule has 0 bridgehead atoms. The van der Waals surface area contributed by atoms with E-state index in [1.165, 1.54) is 6.21 Å². The number of nitrogens with one attached hydrogen (secondary N) is 2. The van der Waals surface area contributed by atoms with Crippen LogP contribution >= 0.6 is 34.8 Å². The Labute approximate surface area is 143 Å². The molecule has 2 rings (SSSR count). The number of hydrogen-bond acceptors (Lipinski definition) is 3. The number of hydrogen-bond donors (Lipinski definition) is 2. The third kappa shape index (κ3) is 5.22. The lowest BCUT2D eigenvalue weighted by atomic mass is 10.2. The minimum absolute atomic E-state index is 0.0754. The first kappa shape index (κ1) is 16.6. The average Bonchev–Trinajstić information content (AvgIpc) is 2.47. The molecule has 0 radical (unpaired) electrons. The Hall–Kier alpha value is -1.75. The second kappa shape index (κ2) is 8.03. The van der Waals surface area contributed by atoms with Crippen molar-refractivity contribution in [3.63, 3.8) is 0 Å². The molecule has 0 aromatic heterocycles. The van der Waals surface area contributed by atoms with Crippen LogP contribution in [0.1, 0.15) is 5.56 Å². The van der Waals surface area contributed by atoms with Gasteiger partial charge in [-0.15, -0.1) is 0 Å². The minimum Gasteiger partial charge on any atom is -0.376 e. The largest absolute Gasteiger partial charge is 0.376 e. The molecule has 4 nitrogen and oxygen atoms in total. The quantitative estimate of drug-likeness (QED) is 0.623. The van der Waals surface area contributed by atoms with Crippen molar-refractivity contribution in [2.24, 2.45) is 5.10 Å². The topological polar surface area (TPSA) is 53.5 Å². The molecule has 0 unspecified atom stereocenters. The van der Waals surface area contributed by atoms with Crippen LogP contribution in [0.25, 0.3) is 0 Å². The molecule has 0 atom stereocenters. The van der Waals surface area contributed by atoms with Gasteiger partial charge in [0, 0.05) is 21.3 Å². The number of carbonyl (C=O) groups excluding carboxylic acids is 1. The Kier molecular flexibility index (Phi) is 6.07. The van der Waals surface area contributed by atoms with Crippen LogP contribution in [0.2, 0.25) is 15.1 Å². The van der Waals surface area contributed by atoms with Crippen molar-refractivity contribution in [3.05, 3.63) is 63.1 Å². The van der Waals surface area contributed by atoms with Crippen LogP contribution in [0.15, 0.2) is 47.6 Å². The van der Waals surface area contributed by atoms with Gasteiger partial charge in [-0.05, 0) is 30.3 Å².